The second-order valence-electron chi connectivity index (χ2n) is 6.33. The van der Waals surface area contributed by atoms with Crippen molar-refractivity contribution >= 4 is 5.97 Å². The Balaban J connectivity index is 5.68. The highest BCUT2D eigenvalue weighted by molar-refractivity contribution is 5.81. The van der Waals surface area contributed by atoms with Crippen LogP contribution >= 0.6 is 0 Å². The summed E-state index contributed by atoms with van der Waals surface area (Å²) in [5.74, 6) is -32.0. The predicted molar refractivity (Wildman–Crippen MR) is 78.1 cm³/mol. The van der Waals surface area contributed by atoms with Crippen molar-refractivity contribution in [2.45, 2.75) is 60.8 Å². The van der Waals surface area contributed by atoms with E-state index in [-0.39, 0.29) is 0 Å². The predicted octanol–water partition coefficient (Wildman–Crippen LogP) is 5.20. The Morgan fingerprint density at radius 2 is 1.21 bits per heavy atom. The maximum atomic E-state index is 13.6. The fourth-order valence-corrected chi connectivity index (χ4v) is 2.04. The standard InChI is InChI=1S/C15H13F15O4/c1-2-7(31)34-8(32)3-5-33-6-4-9(16,17)11(19,20)13(23,24)12(21,22)10(18,14(25,26)27)15(28,29)30/h2,8,32H,1,3-6H2. The van der Waals surface area contributed by atoms with Crippen molar-refractivity contribution in [2.75, 3.05) is 13.2 Å². The number of ether oxygens (including phenoxy) is 2. The number of rotatable bonds is 12. The minimum absolute atomic E-state index is 0.562. The molecule has 0 bridgehead atoms. The molecular formula is C15H13F15O4. The van der Waals surface area contributed by atoms with Gasteiger partial charge < -0.3 is 14.6 Å². The van der Waals surface area contributed by atoms with Crippen molar-refractivity contribution in [1.82, 2.24) is 0 Å². The van der Waals surface area contributed by atoms with Crippen molar-refractivity contribution < 1.29 is 85.2 Å². The van der Waals surface area contributed by atoms with E-state index >= 15 is 0 Å². The zero-order chi connectivity index (χ0) is 27.6. The van der Waals surface area contributed by atoms with Crippen LogP contribution < -0.4 is 0 Å². The number of carbonyl (C=O) groups is 1. The first-order valence-electron chi connectivity index (χ1n) is 8.27. The van der Waals surface area contributed by atoms with E-state index in [1.165, 1.54) is 0 Å². The number of carbonyl (C=O) groups excluding carboxylic acids is 1. The molecular weight excluding hydrogens is 529 g/mol. The SMILES string of the molecule is C=CC(=O)OC(O)CCOCCC(F)(F)C(F)(F)C(F)(F)C(F)(F)C(F)(C(F)(F)F)C(F)(F)F. The van der Waals surface area contributed by atoms with Gasteiger partial charge in [0.25, 0.3) is 0 Å². The molecule has 1 atom stereocenters. The Bertz CT molecular complexity index is 700. The number of aliphatic hydroxyl groups is 1. The van der Waals surface area contributed by atoms with E-state index in [1.54, 1.807) is 0 Å². The van der Waals surface area contributed by atoms with Crippen LogP contribution in [0.1, 0.15) is 12.8 Å². The molecule has 0 aliphatic heterocycles. The van der Waals surface area contributed by atoms with Gasteiger partial charge in [0.15, 0.2) is 0 Å². The molecule has 0 saturated carbocycles. The van der Waals surface area contributed by atoms with Gasteiger partial charge in [0.2, 0.25) is 6.29 Å². The molecule has 0 aromatic carbocycles. The molecule has 0 aliphatic rings. The summed E-state index contributed by atoms with van der Waals surface area (Å²) in [7, 11) is 0. The first kappa shape index (κ1) is 32.1. The van der Waals surface area contributed by atoms with Gasteiger partial charge >= 0.3 is 47.7 Å². The van der Waals surface area contributed by atoms with Crippen molar-refractivity contribution in [3.8, 4) is 0 Å². The lowest BCUT2D eigenvalue weighted by molar-refractivity contribution is -0.457. The highest BCUT2D eigenvalue weighted by atomic mass is 19.4. The summed E-state index contributed by atoms with van der Waals surface area (Å²) in [5, 5.41) is 9.10. The van der Waals surface area contributed by atoms with Gasteiger partial charge in [-0.25, -0.2) is 9.18 Å². The second kappa shape index (κ2) is 9.98. The minimum Gasteiger partial charge on any atom is -0.433 e. The van der Waals surface area contributed by atoms with Crippen molar-refractivity contribution in [3.63, 3.8) is 0 Å². The molecule has 0 amide bonds. The highest BCUT2D eigenvalue weighted by Crippen LogP contribution is 2.64. The van der Waals surface area contributed by atoms with Gasteiger partial charge in [0.05, 0.1) is 13.2 Å². The third kappa shape index (κ3) is 5.65. The summed E-state index contributed by atoms with van der Waals surface area (Å²) in [4.78, 5) is 10.7. The first-order valence-corrected chi connectivity index (χ1v) is 8.27. The van der Waals surface area contributed by atoms with Gasteiger partial charge in [-0.15, -0.1) is 0 Å². The maximum absolute atomic E-state index is 13.6. The average molecular weight is 542 g/mol. The molecule has 0 rings (SSSR count). The lowest BCUT2D eigenvalue weighted by Gasteiger charge is -2.43. The summed E-state index contributed by atoms with van der Waals surface area (Å²) in [5.41, 5.74) is -8.34. The quantitative estimate of drug-likeness (QED) is 0.121. The van der Waals surface area contributed by atoms with Crippen LogP contribution in [0.25, 0.3) is 0 Å². The third-order valence-electron chi connectivity index (χ3n) is 3.95. The van der Waals surface area contributed by atoms with Gasteiger partial charge in [0, 0.05) is 18.9 Å². The molecule has 0 spiro atoms. The molecule has 1 unspecified atom stereocenters. The van der Waals surface area contributed by atoms with Gasteiger partial charge in [-0.2, -0.15) is 61.5 Å². The van der Waals surface area contributed by atoms with Gasteiger partial charge in [-0.3, -0.25) is 0 Å². The number of hydrogen-bond donors (Lipinski definition) is 1. The molecule has 0 aromatic rings. The fraction of sp³-hybridized carbons (Fsp3) is 0.800. The van der Waals surface area contributed by atoms with Crippen molar-refractivity contribution in [2.24, 2.45) is 0 Å². The number of alkyl halides is 15. The van der Waals surface area contributed by atoms with Crippen LogP contribution in [0.5, 0.6) is 0 Å². The topological polar surface area (TPSA) is 55.8 Å². The van der Waals surface area contributed by atoms with Crippen molar-refractivity contribution in [1.29, 1.82) is 0 Å². The highest BCUT2D eigenvalue weighted by Gasteiger charge is 2.95. The van der Waals surface area contributed by atoms with Crippen LogP contribution in [-0.2, 0) is 14.3 Å². The van der Waals surface area contributed by atoms with Crippen LogP contribution in [0, 0.1) is 0 Å². The Labute approximate surface area is 179 Å². The largest absolute Gasteiger partial charge is 0.438 e. The second-order valence-corrected chi connectivity index (χ2v) is 6.33. The zero-order valence-corrected chi connectivity index (χ0v) is 16.0. The number of hydrogen-bond acceptors (Lipinski definition) is 4. The van der Waals surface area contributed by atoms with E-state index in [4.69, 9.17) is 5.11 Å². The lowest BCUT2D eigenvalue weighted by atomic mass is 9.85. The monoisotopic (exact) mass is 542 g/mol. The molecule has 1 N–H and O–H groups in total. The maximum Gasteiger partial charge on any atom is 0.438 e. The van der Waals surface area contributed by atoms with Crippen LogP contribution in [0.4, 0.5) is 65.9 Å². The molecule has 0 aliphatic carbocycles. The third-order valence-corrected chi connectivity index (χ3v) is 3.95. The number of aliphatic hydroxyl groups excluding tert-OH is 1. The summed E-state index contributed by atoms with van der Waals surface area (Å²) in [6.07, 6.45) is -20.8. The minimum atomic E-state index is -8.47. The molecule has 34 heavy (non-hydrogen) atoms. The molecule has 202 valence electrons. The summed E-state index contributed by atoms with van der Waals surface area (Å²) >= 11 is 0. The van der Waals surface area contributed by atoms with E-state index in [0.29, 0.717) is 6.08 Å². The Kier molecular flexibility index (Phi) is 9.42. The zero-order valence-electron chi connectivity index (χ0n) is 16.0. The first-order chi connectivity index (χ1) is 14.8. The van der Waals surface area contributed by atoms with Crippen LogP contribution in [0.15, 0.2) is 12.7 Å². The van der Waals surface area contributed by atoms with E-state index in [9.17, 15) is 70.7 Å². The Hall–Kier alpha value is -1.92. The van der Waals surface area contributed by atoms with Gasteiger partial charge in [0.1, 0.15) is 0 Å². The number of esters is 1. The molecule has 0 heterocycles. The molecule has 0 radical (unpaired) electrons. The van der Waals surface area contributed by atoms with Gasteiger partial charge in [-0.1, -0.05) is 6.58 Å². The lowest BCUT2D eigenvalue weighted by Crippen LogP contribution is -2.75. The molecule has 0 fully saturated rings. The Morgan fingerprint density at radius 3 is 1.59 bits per heavy atom. The smallest absolute Gasteiger partial charge is 0.433 e. The molecule has 0 aromatic heterocycles. The summed E-state index contributed by atoms with van der Waals surface area (Å²) in [6, 6.07) is 0. The van der Waals surface area contributed by atoms with E-state index < -0.39 is 80.0 Å². The Morgan fingerprint density at radius 1 is 0.765 bits per heavy atom. The normalized spacial score (nSPS) is 15.8. The summed E-state index contributed by atoms with van der Waals surface area (Å²) in [6.45, 7) is 0.225. The number of halogens is 15. The van der Waals surface area contributed by atoms with Crippen LogP contribution in [0.3, 0.4) is 0 Å². The van der Waals surface area contributed by atoms with E-state index in [1.807, 2.05) is 0 Å². The molecule has 4 nitrogen and oxygen atoms in total. The van der Waals surface area contributed by atoms with Crippen molar-refractivity contribution in [3.05, 3.63) is 12.7 Å². The van der Waals surface area contributed by atoms with Crippen LogP contribution in [0.2, 0.25) is 0 Å². The average Bonchev–Trinajstić information content (AvgIpc) is 2.64. The fourth-order valence-electron chi connectivity index (χ4n) is 2.04. The van der Waals surface area contributed by atoms with Gasteiger partial charge in [-0.05, 0) is 0 Å². The van der Waals surface area contributed by atoms with E-state index in [0.717, 1.165) is 0 Å². The molecule has 0 saturated heterocycles. The molecule has 19 heteroatoms. The summed E-state index contributed by atoms with van der Waals surface area (Å²) < 4.78 is 204. The van der Waals surface area contributed by atoms with E-state index in [2.05, 4.69) is 16.1 Å². The van der Waals surface area contributed by atoms with Crippen LogP contribution in [-0.4, -0.2) is 72.3 Å².